The second kappa shape index (κ2) is 6.75. The summed E-state index contributed by atoms with van der Waals surface area (Å²) in [6.45, 7) is 3.57. The Morgan fingerprint density at radius 3 is 2.95 bits per heavy atom. The Balaban J connectivity index is 1.91. The quantitative estimate of drug-likeness (QED) is 0.865. The minimum atomic E-state index is 0.0957. The van der Waals surface area contributed by atoms with Gasteiger partial charge in [-0.15, -0.1) is 0 Å². The first-order valence-corrected chi connectivity index (χ1v) is 7.31. The molecule has 1 amide bonds. The molecule has 1 unspecified atom stereocenters. The SMILES string of the molecule is CCNC1CCc2cc(OCCC(=O)N(C)C)ccc21. The molecule has 1 N–H and O–H groups in total. The van der Waals surface area contributed by atoms with Crippen LogP contribution in [0.5, 0.6) is 5.75 Å². The summed E-state index contributed by atoms with van der Waals surface area (Å²) < 4.78 is 5.68. The van der Waals surface area contributed by atoms with Crippen LogP contribution in [0.2, 0.25) is 0 Å². The van der Waals surface area contributed by atoms with Crippen LogP contribution < -0.4 is 10.1 Å². The van der Waals surface area contributed by atoms with Crippen LogP contribution in [0, 0.1) is 0 Å². The molecule has 0 radical (unpaired) electrons. The van der Waals surface area contributed by atoms with Crippen LogP contribution >= 0.6 is 0 Å². The third-order valence-corrected chi connectivity index (χ3v) is 3.73. The Morgan fingerprint density at radius 1 is 1.45 bits per heavy atom. The second-order valence-corrected chi connectivity index (χ2v) is 5.40. The topological polar surface area (TPSA) is 41.6 Å². The molecular formula is C16H24N2O2. The Hall–Kier alpha value is -1.55. The van der Waals surface area contributed by atoms with E-state index in [1.54, 1.807) is 19.0 Å². The van der Waals surface area contributed by atoms with E-state index >= 15 is 0 Å². The van der Waals surface area contributed by atoms with Crippen molar-refractivity contribution < 1.29 is 9.53 Å². The fourth-order valence-corrected chi connectivity index (χ4v) is 2.62. The summed E-state index contributed by atoms with van der Waals surface area (Å²) in [7, 11) is 3.52. The molecule has 1 aliphatic carbocycles. The molecule has 0 fully saturated rings. The number of hydrogen-bond donors (Lipinski definition) is 1. The van der Waals surface area contributed by atoms with Gasteiger partial charge in [0, 0.05) is 20.1 Å². The smallest absolute Gasteiger partial charge is 0.225 e. The van der Waals surface area contributed by atoms with Crippen LogP contribution in [0.15, 0.2) is 18.2 Å². The molecule has 1 aliphatic rings. The number of rotatable bonds is 6. The van der Waals surface area contributed by atoms with Gasteiger partial charge in [-0.2, -0.15) is 0 Å². The lowest BCUT2D eigenvalue weighted by molar-refractivity contribution is -0.129. The lowest BCUT2D eigenvalue weighted by atomic mass is 10.1. The number of fused-ring (bicyclic) bond motifs is 1. The molecule has 2 rings (SSSR count). The molecule has 20 heavy (non-hydrogen) atoms. The van der Waals surface area contributed by atoms with Gasteiger partial charge in [-0.1, -0.05) is 13.0 Å². The van der Waals surface area contributed by atoms with Crippen molar-refractivity contribution in [2.75, 3.05) is 27.2 Å². The number of benzene rings is 1. The van der Waals surface area contributed by atoms with E-state index in [1.165, 1.54) is 11.1 Å². The third kappa shape index (κ3) is 3.51. The normalized spacial score (nSPS) is 16.9. The number of nitrogens with zero attached hydrogens (tertiary/aromatic N) is 1. The standard InChI is InChI=1S/C16H24N2O2/c1-4-17-15-8-5-12-11-13(6-7-14(12)15)20-10-9-16(19)18(2)3/h6-7,11,15,17H,4-5,8-10H2,1-3H3. The molecule has 110 valence electrons. The zero-order chi connectivity index (χ0) is 14.5. The van der Waals surface area contributed by atoms with E-state index in [1.807, 2.05) is 6.07 Å². The monoisotopic (exact) mass is 276 g/mol. The molecule has 0 bridgehead atoms. The molecule has 0 heterocycles. The van der Waals surface area contributed by atoms with Crippen LogP contribution in [0.1, 0.15) is 36.9 Å². The maximum atomic E-state index is 11.5. The molecule has 4 heteroatoms. The fourth-order valence-electron chi connectivity index (χ4n) is 2.62. The van der Waals surface area contributed by atoms with Crippen molar-refractivity contribution in [3.8, 4) is 5.75 Å². The maximum absolute atomic E-state index is 11.5. The van der Waals surface area contributed by atoms with Crippen LogP contribution in [0.4, 0.5) is 0 Å². The van der Waals surface area contributed by atoms with Gasteiger partial charge in [-0.05, 0) is 42.6 Å². The molecule has 1 aromatic carbocycles. The van der Waals surface area contributed by atoms with Gasteiger partial charge >= 0.3 is 0 Å². The summed E-state index contributed by atoms with van der Waals surface area (Å²) in [5.74, 6) is 0.964. The number of hydrogen-bond acceptors (Lipinski definition) is 3. The average molecular weight is 276 g/mol. The number of nitrogens with one attached hydrogen (secondary N) is 1. The molecule has 0 aromatic heterocycles. The Morgan fingerprint density at radius 2 is 2.25 bits per heavy atom. The number of ether oxygens (including phenoxy) is 1. The van der Waals surface area contributed by atoms with Crippen LogP contribution in [-0.4, -0.2) is 38.1 Å². The lowest BCUT2D eigenvalue weighted by Crippen LogP contribution is -2.23. The van der Waals surface area contributed by atoms with E-state index in [-0.39, 0.29) is 5.91 Å². The van der Waals surface area contributed by atoms with E-state index in [4.69, 9.17) is 4.74 Å². The first kappa shape index (κ1) is 14.9. The van der Waals surface area contributed by atoms with Gasteiger partial charge in [0.1, 0.15) is 5.75 Å². The molecule has 0 saturated heterocycles. The van der Waals surface area contributed by atoms with Gasteiger partial charge < -0.3 is 15.0 Å². The molecular weight excluding hydrogens is 252 g/mol. The minimum Gasteiger partial charge on any atom is -0.493 e. The predicted molar refractivity (Wildman–Crippen MR) is 80.0 cm³/mol. The van der Waals surface area contributed by atoms with Crippen molar-refractivity contribution in [1.29, 1.82) is 0 Å². The Bertz CT molecular complexity index is 472. The highest BCUT2D eigenvalue weighted by Gasteiger charge is 2.21. The highest BCUT2D eigenvalue weighted by molar-refractivity contribution is 5.75. The summed E-state index contributed by atoms with van der Waals surface area (Å²) in [4.78, 5) is 13.1. The van der Waals surface area contributed by atoms with Crippen molar-refractivity contribution in [3.63, 3.8) is 0 Å². The molecule has 0 saturated carbocycles. The molecule has 1 atom stereocenters. The van der Waals surface area contributed by atoms with Gasteiger partial charge in [-0.3, -0.25) is 4.79 Å². The number of carbonyl (C=O) groups is 1. The maximum Gasteiger partial charge on any atom is 0.225 e. The fraction of sp³-hybridized carbons (Fsp3) is 0.562. The van der Waals surface area contributed by atoms with E-state index in [0.717, 1.165) is 25.1 Å². The highest BCUT2D eigenvalue weighted by Crippen LogP contribution is 2.33. The summed E-state index contributed by atoms with van der Waals surface area (Å²) in [5, 5.41) is 3.50. The third-order valence-electron chi connectivity index (χ3n) is 3.73. The molecule has 0 aliphatic heterocycles. The number of amides is 1. The zero-order valence-corrected chi connectivity index (χ0v) is 12.6. The van der Waals surface area contributed by atoms with Gasteiger partial charge in [0.2, 0.25) is 5.91 Å². The summed E-state index contributed by atoms with van der Waals surface area (Å²) in [5.41, 5.74) is 2.76. The predicted octanol–water partition coefficient (Wildman–Crippen LogP) is 2.14. The summed E-state index contributed by atoms with van der Waals surface area (Å²) in [6, 6.07) is 6.76. The van der Waals surface area contributed by atoms with E-state index in [9.17, 15) is 4.79 Å². The first-order chi connectivity index (χ1) is 9.61. The first-order valence-electron chi connectivity index (χ1n) is 7.31. The molecule has 0 spiro atoms. The van der Waals surface area contributed by atoms with Crippen molar-refractivity contribution in [3.05, 3.63) is 29.3 Å². The van der Waals surface area contributed by atoms with Gasteiger partial charge in [0.15, 0.2) is 0 Å². The second-order valence-electron chi connectivity index (χ2n) is 5.40. The van der Waals surface area contributed by atoms with Gasteiger partial charge in [-0.25, -0.2) is 0 Å². The van der Waals surface area contributed by atoms with E-state index < -0.39 is 0 Å². The van der Waals surface area contributed by atoms with Gasteiger partial charge in [0.05, 0.1) is 13.0 Å². The van der Waals surface area contributed by atoms with Crippen LogP contribution in [0.25, 0.3) is 0 Å². The summed E-state index contributed by atoms with van der Waals surface area (Å²) >= 11 is 0. The molecule has 4 nitrogen and oxygen atoms in total. The van der Waals surface area contributed by atoms with Gasteiger partial charge in [0.25, 0.3) is 0 Å². The largest absolute Gasteiger partial charge is 0.493 e. The summed E-state index contributed by atoms with van der Waals surface area (Å²) in [6.07, 6.45) is 2.68. The van der Waals surface area contributed by atoms with Crippen molar-refractivity contribution in [2.45, 2.75) is 32.2 Å². The van der Waals surface area contributed by atoms with Crippen molar-refractivity contribution in [1.82, 2.24) is 10.2 Å². The van der Waals surface area contributed by atoms with Crippen molar-refractivity contribution in [2.24, 2.45) is 0 Å². The van der Waals surface area contributed by atoms with E-state index in [2.05, 4.69) is 24.4 Å². The minimum absolute atomic E-state index is 0.0957. The lowest BCUT2D eigenvalue weighted by Gasteiger charge is -2.14. The van der Waals surface area contributed by atoms with Crippen molar-refractivity contribution >= 4 is 5.91 Å². The number of carbonyl (C=O) groups excluding carboxylic acids is 1. The average Bonchev–Trinajstić information content (AvgIpc) is 2.81. The van der Waals surface area contributed by atoms with Crippen LogP contribution in [0.3, 0.4) is 0 Å². The Kier molecular flexibility index (Phi) is 5.01. The Labute approximate surface area is 121 Å². The highest BCUT2D eigenvalue weighted by atomic mass is 16.5. The van der Waals surface area contributed by atoms with Crippen LogP contribution in [-0.2, 0) is 11.2 Å². The van der Waals surface area contributed by atoms with E-state index in [0.29, 0.717) is 19.1 Å². The zero-order valence-electron chi connectivity index (χ0n) is 12.6. The molecule has 1 aromatic rings. The number of aryl methyl sites for hydroxylation is 1.